The molecule has 142 valence electrons. The molecular formula is C20H23N3O3S. The van der Waals surface area contributed by atoms with Crippen LogP contribution in [0.4, 0.5) is 0 Å². The van der Waals surface area contributed by atoms with Crippen LogP contribution in [0.1, 0.15) is 40.8 Å². The van der Waals surface area contributed by atoms with Crippen molar-refractivity contribution in [3.8, 4) is 11.5 Å². The van der Waals surface area contributed by atoms with E-state index < -0.39 is 0 Å². The van der Waals surface area contributed by atoms with Gasteiger partial charge in [-0.3, -0.25) is 4.90 Å². The summed E-state index contributed by atoms with van der Waals surface area (Å²) in [5.41, 5.74) is 2.54. The quantitative estimate of drug-likeness (QED) is 0.642. The normalized spacial score (nSPS) is 16.9. The lowest BCUT2D eigenvalue weighted by Gasteiger charge is -2.36. The van der Waals surface area contributed by atoms with Crippen LogP contribution in [0, 0.1) is 0 Å². The fraction of sp³-hybridized carbons (Fsp3) is 0.400. The molecule has 4 rings (SSSR count). The first kappa shape index (κ1) is 18.0. The van der Waals surface area contributed by atoms with Gasteiger partial charge < -0.3 is 13.9 Å². The molecule has 2 aromatic heterocycles. The Morgan fingerprint density at radius 1 is 1.19 bits per heavy atom. The average Bonchev–Trinajstić information content (AvgIpc) is 3.38. The van der Waals surface area contributed by atoms with Gasteiger partial charge in [0.15, 0.2) is 11.5 Å². The number of thiophene rings is 1. The molecule has 7 heteroatoms. The Labute approximate surface area is 162 Å². The summed E-state index contributed by atoms with van der Waals surface area (Å²) < 4.78 is 16.8. The van der Waals surface area contributed by atoms with Gasteiger partial charge in [-0.25, -0.2) is 0 Å². The fourth-order valence-corrected chi connectivity index (χ4v) is 4.49. The molecular weight excluding hydrogens is 362 g/mol. The van der Waals surface area contributed by atoms with E-state index in [2.05, 4.69) is 44.7 Å². The summed E-state index contributed by atoms with van der Waals surface area (Å²) in [7, 11) is 3.35. The molecule has 0 amide bonds. The lowest BCUT2D eigenvalue weighted by Crippen LogP contribution is -2.35. The van der Waals surface area contributed by atoms with Crippen LogP contribution >= 0.6 is 11.3 Å². The zero-order valence-electron chi connectivity index (χ0n) is 15.8. The monoisotopic (exact) mass is 385 g/mol. The molecule has 1 atom stereocenters. The van der Waals surface area contributed by atoms with Crippen LogP contribution < -0.4 is 9.47 Å². The molecule has 0 saturated heterocycles. The number of hydrogen-bond acceptors (Lipinski definition) is 7. The van der Waals surface area contributed by atoms with Crippen molar-refractivity contribution in [2.45, 2.75) is 32.4 Å². The maximum Gasteiger partial charge on any atom is 0.230 e. The summed E-state index contributed by atoms with van der Waals surface area (Å²) in [6.07, 6.45) is 1.69. The van der Waals surface area contributed by atoms with Gasteiger partial charge in [0.1, 0.15) is 0 Å². The number of rotatable bonds is 6. The second kappa shape index (κ2) is 7.70. The van der Waals surface area contributed by atoms with Gasteiger partial charge in [-0.05, 0) is 41.1 Å². The van der Waals surface area contributed by atoms with Crippen LogP contribution in [-0.2, 0) is 19.4 Å². The minimum atomic E-state index is 0.130. The summed E-state index contributed by atoms with van der Waals surface area (Å²) in [5, 5.41) is 10.4. The lowest BCUT2D eigenvalue weighted by molar-refractivity contribution is 0.185. The van der Waals surface area contributed by atoms with E-state index in [-0.39, 0.29) is 6.04 Å². The fourth-order valence-electron chi connectivity index (χ4n) is 3.62. The van der Waals surface area contributed by atoms with Gasteiger partial charge in [-0.2, -0.15) is 0 Å². The number of methoxy groups -OCH3 is 2. The van der Waals surface area contributed by atoms with Crippen LogP contribution in [0.2, 0.25) is 0 Å². The van der Waals surface area contributed by atoms with Crippen molar-refractivity contribution >= 4 is 11.3 Å². The number of aromatic nitrogens is 2. The Morgan fingerprint density at radius 3 is 2.63 bits per heavy atom. The van der Waals surface area contributed by atoms with Crippen molar-refractivity contribution in [1.29, 1.82) is 0 Å². The second-order valence-electron chi connectivity index (χ2n) is 6.49. The molecule has 0 bridgehead atoms. The third-order valence-corrected chi connectivity index (χ3v) is 5.86. The second-order valence-corrected chi connectivity index (χ2v) is 7.47. The maximum absolute atomic E-state index is 5.77. The van der Waals surface area contributed by atoms with Gasteiger partial charge in [0.2, 0.25) is 11.8 Å². The minimum absolute atomic E-state index is 0.130. The Bertz CT molecular complexity index is 907. The van der Waals surface area contributed by atoms with Gasteiger partial charge in [-0.15, -0.1) is 21.5 Å². The third-order valence-electron chi connectivity index (χ3n) is 4.94. The van der Waals surface area contributed by atoms with Crippen molar-refractivity contribution in [2.75, 3.05) is 20.8 Å². The lowest BCUT2D eigenvalue weighted by atomic mass is 9.91. The van der Waals surface area contributed by atoms with Gasteiger partial charge in [0.25, 0.3) is 0 Å². The maximum atomic E-state index is 5.77. The molecule has 0 spiro atoms. The zero-order valence-corrected chi connectivity index (χ0v) is 16.6. The van der Waals surface area contributed by atoms with E-state index in [0.717, 1.165) is 30.9 Å². The van der Waals surface area contributed by atoms with E-state index in [4.69, 9.17) is 13.9 Å². The SMILES string of the molecule is CCc1nnc(CN2CCc3cc(OC)c(OC)cc3C2c2cccs2)o1. The number of benzene rings is 1. The number of fused-ring (bicyclic) bond motifs is 1. The summed E-state index contributed by atoms with van der Waals surface area (Å²) >= 11 is 1.76. The highest BCUT2D eigenvalue weighted by Gasteiger charge is 2.32. The van der Waals surface area contributed by atoms with Crippen LogP contribution in [0.3, 0.4) is 0 Å². The zero-order chi connectivity index (χ0) is 18.8. The Hall–Kier alpha value is -2.38. The predicted molar refractivity (Wildman–Crippen MR) is 103 cm³/mol. The van der Waals surface area contributed by atoms with Gasteiger partial charge in [-0.1, -0.05) is 13.0 Å². The molecule has 0 aliphatic carbocycles. The minimum Gasteiger partial charge on any atom is -0.493 e. The largest absolute Gasteiger partial charge is 0.493 e. The standard InChI is InChI=1S/C20H23N3O3S/c1-4-18-21-22-19(26-18)12-23-8-7-13-10-15(24-2)16(25-3)11-14(13)20(23)17-6-5-9-27-17/h5-6,9-11,20H,4,7-8,12H2,1-3H3. The van der Waals surface area contributed by atoms with Crippen molar-refractivity contribution in [1.82, 2.24) is 15.1 Å². The summed E-state index contributed by atoms with van der Waals surface area (Å²) in [6.45, 7) is 3.56. The number of nitrogens with zero attached hydrogens (tertiary/aromatic N) is 3. The van der Waals surface area contributed by atoms with E-state index in [0.29, 0.717) is 18.3 Å². The molecule has 1 aliphatic rings. The first-order valence-corrected chi connectivity index (χ1v) is 9.95. The molecule has 1 unspecified atom stereocenters. The highest BCUT2D eigenvalue weighted by molar-refractivity contribution is 7.10. The Kier molecular flexibility index (Phi) is 5.13. The van der Waals surface area contributed by atoms with Crippen molar-refractivity contribution in [3.63, 3.8) is 0 Å². The average molecular weight is 385 g/mol. The predicted octanol–water partition coefficient (Wildman–Crippen LogP) is 3.86. The number of ether oxygens (including phenoxy) is 2. The smallest absolute Gasteiger partial charge is 0.230 e. The first-order chi connectivity index (χ1) is 13.2. The molecule has 0 radical (unpaired) electrons. The van der Waals surface area contributed by atoms with Gasteiger partial charge in [0.05, 0.1) is 26.8 Å². The van der Waals surface area contributed by atoms with Crippen LogP contribution in [0.25, 0.3) is 0 Å². The molecule has 1 aromatic carbocycles. The molecule has 3 heterocycles. The number of aryl methyl sites for hydroxylation is 1. The summed E-state index contributed by atoms with van der Waals surface area (Å²) in [4.78, 5) is 3.69. The van der Waals surface area contributed by atoms with E-state index >= 15 is 0 Å². The number of hydrogen-bond donors (Lipinski definition) is 0. The summed E-state index contributed by atoms with van der Waals surface area (Å²) in [5.74, 6) is 2.88. The molecule has 0 saturated carbocycles. The highest BCUT2D eigenvalue weighted by atomic mass is 32.1. The molecule has 27 heavy (non-hydrogen) atoms. The Balaban J connectivity index is 1.73. The van der Waals surface area contributed by atoms with E-state index in [1.165, 1.54) is 16.0 Å². The van der Waals surface area contributed by atoms with Gasteiger partial charge in [0, 0.05) is 17.8 Å². The third kappa shape index (κ3) is 3.44. The van der Waals surface area contributed by atoms with Crippen molar-refractivity contribution in [3.05, 3.63) is 57.4 Å². The van der Waals surface area contributed by atoms with Crippen LogP contribution in [-0.4, -0.2) is 35.9 Å². The van der Waals surface area contributed by atoms with E-state index in [9.17, 15) is 0 Å². The summed E-state index contributed by atoms with van der Waals surface area (Å²) in [6, 6.07) is 8.61. The van der Waals surface area contributed by atoms with Crippen LogP contribution in [0.15, 0.2) is 34.1 Å². The molecule has 3 aromatic rings. The van der Waals surface area contributed by atoms with E-state index in [1.807, 2.05) is 6.92 Å². The molecule has 1 aliphatic heterocycles. The van der Waals surface area contributed by atoms with Gasteiger partial charge >= 0.3 is 0 Å². The Morgan fingerprint density at radius 2 is 1.96 bits per heavy atom. The van der Waals surface area contributed by atoms with Crippen molar-refractivity contribution in [2.24, 2.45) is 0 Å². The molecule has 0 fully saturated rings. The molecule has 0 N–H and O–H groups in total. The first-order valence-electron chi connectivity index (χ1n) is 9.07. The topological polar surface area (TPSA) is 60.6 Å². The van der Waals surface area contributed by atoms with Crippen LogP contribution in [0.5, 0.6) is 11.5 Å². The highest BCUT2D eigenvalue weighted by Crippen LogP contribution is 2.42. The molecule has 6 nitrogen and oxygen atoms in total. The van der Waals surface area contributed by atoms with Crippen molar-refractivity contribution < 1.29 is 13.9 Å². The van der Waals surface area contributed by atoms with E-state index in [1.54, 1.807) is 25.6 Å².